The first-order valence-electron chi connectivity index (χ1n) is 34.2. The van der Waals surface area contributed by atoms with Gasteiger partial charge in [-0.15, -0.1) is 0 Å². The van der Waals surface area contributed by atoms with Crippen LogP contribution in [0.2, 0.25) is 0 Å². The summed E-state index contributed by atoms with van der Waals surface area (Å²) in [5.74, 6) is -0.202. The summed E-state index contributed by atoms with van der Waals surface area (Å²) in [4.78, 5) is 25.0. The number of ether oxygens (including phenoxy) is 3. The van der Waals surface area contributed by atoms with Crippen LogP contribution in [0.15, 0.2) is 72.9 Å². The summed E-state index contributed by atoms with van der Waals surface area (Å²) >= 11 is 0. The van der Waals surface area contributed by atoms with E-state index in [0.717, 1.165) is 77.0 Å². The van der Waals surface area contributed by atoms with Crippen LogP contribution in [0.1, 0.15) is 303 Å². The van der Waals surface area contributed by atoms with Crippen molar-refractivity contribution in [3.05, 3.63) is 72.9 Å². The fraction of sp³-hybridized carbons (Fsp3) is 0.803. The van der Waals surface area contributed by atoms with E-state index in [1.165, 1.54) is 199 Å². The molecule has 1 fully saturated rings. The van der Waals surface area contributed by atoms with Gasteiger partial charge in [0, 0.05) is 12.8 Å². The molecular formula is C71H127NO10. The molecule has 0 bridgehead atoms. The average Bonchev–Trinajstić information content (AvgIpc) is 3.56. The van der Waals surface area contributed by atoms with E-state index in [-0.39, 0.29) is 18.5 Å². The third-order valence-electron chi connectivity index (χ3n) is 15.8. The zero-order valence-electron chi connectivity index (χ0n) is 52.7. The van der Waals surface area contributed by atoms with E-state index in [1.54, 1.807) is 6.08 Å². The SMILES string of the molecule is CC/C=C/CC/C=C/CC/C=C/C(O)C(COC1OC(CO)C(O)C(O)C1O)NC(=O)CCCCCCCCCCCCCCCCCCC/C=C\C/C=C\CCCCCCCCCCCOC(=O)CCCCCCC/C=C\CCCC. The van der Waals surface area contributed by atoms with Crippen LogP contribution in [-0.4, -0.2) is 100 Å². The molecule has 0 saturated carbocycles. The Kier molecular flexibility index (Phi) is 56.2. The molecule has 82 heavy (non-hydrogen) atoms. The maximum Gasteiger partial charge on any atom is 0.305 e. The third-order valence-corrected chi connectivity index (χ3v) is 15.8. The molecule has 11 nitrogen and oxygen atoms in total. The normalized spacial score (nSPS) is 18.6. The molecule has 1 aliphatic rings. The maximum atomic E-state index is 13.0. The minimum Gasteiger partial charge on any atom is -0.466 e. The van der Waals surface area contributed by atoms with E-state index < -0.39 is 49.5 Å². The number of allylic oxidation sites excluding steroid dienone is 11. The molecule has 0 radical (unpaired) electrons. The van der Waals surface area contributed by atoms with Crippen LogP contribution in [0.4, 0.5) is 0 Å². The molecule has 476 valence electrons. The van der Waals surface area contributed by atoms with Crippen molar-refractivity contribution >= 4 is 11.9 Å². The summed E-state index contributed by atoms with van der Waals surface area (Å²) in [5, 5.41) is 54.3. The van der Waals surface area contributed by atoms with Gasteiger partial charge in [0.2, 0.25) is 5.91 Å². The van der Waals surface area contributed by atoms with Crippen molar-refractivity contribution in [2.75, 3.05) is 19.8 Å². The fourth-order valence-corrected chi connectivity index (χ4v) is 10.4. The lowest BCUT2D eigenvalue weighted by Gasteiger charge is -2.40. The molecule has 6 N–H and O–H groups in total. The zero-order chi connectivity index (χ0) is 59.5. The Morgan fingerprint density at radius 1 is 0.463 bits per heavy atom. The fourth-order valence-electron chi connectivity index (χ4n) is 10.4. The Labute approximate surface area is 502 Å². The van der Waals surface area contributed by atoms with Gasteiger partial charge in [-0.2, -0.15) is 0 Å². The highest BCUT2D eigenvalue weighted by atomic mass is 16.7. The lowest BCUT2D eigenvalue weighted by atomic mass is 9.99. The maximum absolute atomic E-state index is 13.0. The van der Waals surface area contributed by atoms with Gasteiger partial charge in [0.15, 0.2) is 6.29 Å². The average molecular weight is 1150 g/mol. The van der Waals surface area contributed by atoms with Crippen molar-refractivity contribution in [1.82, 2.24) is 5.32 Å². The van der Waals surface area contributed by atoms with Gasteiger partial charge in [-0.3, -0.25) is 9.59 Å². The van der Waals surface area contributed by atoms with Crippen LogP contribution >= 0.6 is 0 Å². The molecule has 0 aliphatic carbocycles. The van der Waals surface area contributed by atoms with Gasteiger partial charge >= 0.3 is 5.97 Å². The first-order valence-corrected chi connectivity index (χ1v) is 34.2. The van der Waals surface area contributed by atoms with Gasteiger partial charge in [-0.05, 0) is 103 Å². The second-order valence-electron chi connectivity index (χ2n) is 23.5. The molecule has 1 heterocycles. The van der Waals surface area contributed by atoms with Crippen molar-refractivity contribution in [3.63, 3.8) is 0 Å². The highest BCUT2D eigenvalue weighted by Crippen LogP contribution is 2.23. The minimum absolute atomic E-state index is 0.00526. The second-order valence-corrected chi connectivity index (χ2v) is 23.5. The van der Waals surface area contributed by atoms with Crippen molar-refractivity contribution < 1.29 is 49.3 Å². The number of hydrogen-bond acceptors (Lipinski definition) is 10. The second kappa shape index (κ2) is 59.8. The summed E-state index contributed by atoms with van der Waals surface area (Å²) in [6, 6.07) is -0.833. The Bertz CT molecular complexity index is 1590. The topological polar surface area (TPSA) is 175 Å². The number of nitrogens with one attached hydrogen (secondary N) is 1. The van der Waals surface area contributed by atoms with Crippen molar-refractivity contribution in [2.45, 2.75) is 346 Å². The lowest BCUT2D eigenvalue weighted by Crippen LogP contribution is -2.60. The standard InChI is InChI=1S/C71H127NO10/c1-3-5-7-9-11-13-38-43-47-51-55-59-67(76)80-60-56-52-48-44-40-37-35-33-31-29-27-25-23-21-19-17-15-16-18-20-22-24-26-28-30-32-34-36-39-42-46-50-54-58-66(75)72-63(62-81-71-70(79)69(78)68(77)65(61-73)82-71)64(74)57-53-49-45-41-14-12-10-8-6-4-2/h6,8-9,11,14,19,21,25,27,41,53,57,63-65,68-71,73-74,77-79H,3-5,7,10,12-13,15-18,20,22-24,26,28-40,42-52,54-56,58-62H2,1-2H3,(H,72,75)/b8-6+,11-9-,21-19-,27-25-,41-14+,57-53+. The largest absolute Gasteiger partial charge is 0.466 e. The number of esters is 1. The molecule has 0 aromatic heterocycles. The molecule has 0 aromatic carbocycles. The van der Waals surface area contributed by atoms with Crippen LogP contribution in [0.5, 0.6) is 0 Å². The molecule has 1 rings (SSSR count). The van der Waals surface area contributed by atoms with Gasteiger partial charge in [0.25, 0.3) is 0 Å². The Morgan fingerprint density at radius 3 is 1.34 bits per heavy atom. The molecule has 11 heteroatoms. The Hall–Kier alpha value is -2.90. The summed E-state index contributed by atoms with van der Waals surface area (Å²) in [6.07, 6.45) is 70.6. The van der Waals surface area contributed by atoms with Crippen LogP contribution in [0.3, 0.4) is 0 Å². The first kappa shape index (κ1) is 77.1. The van der Waals surface area contributed by atoms with Crippen molar-refractivity contribution in [1.29, 1.82) is 0 Å². The number of rotatable bonds is 59. The Morgan fingerprint density at radius 2 is 0.866 bits per heavy atom. The number of carbonyl (C=O) groups is 2. The van der Waals surface area contributed by atoms with E-state index in [1.807, 2.05) is 6.08 Å². The molecule has 0 aromatic rings. The summed E-state index contributed by atoms with van der Waals surface area (Å²) < 4.78 is 16.7. The smallest absolute Gasteiger partial charge is 0.305 e. The predicted octanol–water partition coefficient (Wildman–Crippen LogP) is 17.1. The van der Waals surface area contributed by atoms with Crippen LogP contribution in [0, 0.1) is 0 Å². The first-order chi connectivity index (χ1) is 40.2. The van der Waals surface area contributed by atoms with Gasteiger partial charge in [-0.25, -0.2) is 0 Å². The summed E-state index contributed by atoms with van der Waals surface area (Å²) in [5.41, 5.74) is 0. The highest BCUT2D eigenvalue weighted by molar-refractivity contribution is 5.76. The minimum atomic E-state index is -1.58. The highest BCUT2D eigenvalue weighted by Gasteiger charge is 2.44. The molecule has 7 unspecified atom stereocenters. The van der Waals surface area contributed by atoms with E-state index >= 15 is 0 Å². The number of aliphatic hydroxyl groups excluding tert-OH is 5. The molecular weight excluding hydrogens is 1030 g/mol. The molecule has 7 atom stereocenters. The van der Waals surface area contributed by atoms with Crippen LogP contribution in [-0.2, 0) is 23.8 Å². The zero-order valence-corrected chi connectivity index (χ0v) is 52.7. The Balaban J connectivity index is 1.95. The summed E-state index contributed by atoms with van der Waals surface area (Å²) in [6.45, 7) is 4.17. The summed E-state index contributed by atoms with van der Waals surface area (Å²) in [7, 11) is 0. The van der Waals surface area contributed by atoms with E-state index in [4.69, 9.17) is 14.2 Å². The molecule has 1 saturated heterocycles. The monoisotopic (exact) mass is 1150 g/mol. The third kappa shape index (κ3) is 48.3. The van der Waals surface area contributed by atoms with Gasteiger partial charge in [0.1, 0.15) is 24.4 Å². The van der Waals surface area contributed by atoms with Gasteiger partial charge in [0.05, 0.1) is 32.0 Å². The quantitative estimate of drug-likeness (QED) is 0.0195. The molecule has 1 aliphatic heterocycles. The van der Waals surface area contributed by atoms with Gasteiger partial charge in [-0.1, -0.05) is 260 Å². The number of amides is 1. The van der Waals surface area contributed by atoms with Crippen molar-refractivity contribution in [3.8, 4) is 0 Å². The number of unbranched alkanes of at least 4 members (excludes halogenated alkanes) is 35. The van der Waals surface area contributed by atoms with E-state index in [9.17, 15) is 35.1 Å². The van der Waals surface area contributed by atoms with Crippen molar-refractivity contribution in [2.24, 2.45) is 0 Å². The molecule has 1 amide bonds. The number of aliphatic hydroxyl groups is 5. The van der Waals surface area contributed by atoms with Crippen LogP contribution < -0.4 is 5.32 Å². The molecule has 0 spiro atoms. The van der Waals surface area contributed by atoms with Crippen LogP contribution in [0.25, 0.3) is 0 Å². The number of carbonyl (C=O) groups excluding carboxylic acids is 2. The number of hydrogen-bond donors (Lipinski definition) is 6. The van der Waals surface area contributed by atoms with Gasteiger partial charge < -0.3 is 45.1 Å². The van der Waals surface area contributed by atoms with E-state index in [2.05, 4.69) is 79.9 Å². The predicted molar refractivity (Wildman–Crippen MR) is 343 cm³/mol. The lowest BCUT2D eigenvalue weighted by molar-refractivity contribution is -0.302. The van der Waals surface area contributed by atoms with E-state index in [0.29, 0.717) is 19.4 Å².